The number of aromatic nitrogens is 4. The van der Waals surface area contributed by atoms with Crippen LogP contribution in [0.5, 0.6) is 0 Å². The molecule has 3 N–H and O–H groups in total. The number of carboxylic acid groups (broad SMARTS) is 1. The van der Waals surface area contributed by atoms with E-state index in [2.05, 4.69) is 25.3 Å². The Bertz CT molecular complexity index is 1400. The van der Waals surface area contributed by atoms with Crippen molar-refractivity contribution in [1.82, 2.24) is 19.9 Å². The van der Waals surface area contributed by atoms with Crippen LogP contribution in [0.25, 0.3) is 33.9 Å². The van der Waals surface area contributed by atoms with Crippen LogP contribution in [-0.4, -0.2) is 50.8 Å². The molecule has 1 unspecified atom stereocenters. The summed E-state index contributed by atoms with van der Waals surface area (Å²) in [7, 11) is 1.63. The third kappa shape index (κ3) is 4.78. The number of carboxylic acids is 1. The van der Waals surface area contributed by atoms with E-state index in [1.54, 1.807) is 26.2 Å². The van der Waals surface area contributed by atoms with Crippen molar-refractivity contribution in [3.05, 3.63) is 47.8 Å². The second-order valence-corrected chi connectivity index (χ2v) is 8.79. The number of oxazole rings is 1. The number of rotatable bonds is 10. The quantitative estimate of drug-likeness (QED) is 0.274. The Balaban J connectivity index is 1.81. The van der Waals surface area contributed by atoms with Gasteiger partial charge >= 0.3 is 5.97 Å². The molecule has 36 heavy (non-hydrogen) atoms. The molecule has 0 amide bonds. The van der Waals surface area contributed by atoms with E-state index in [0.29, 0.717) is 17.8 Å². The summed E-state index contributed by atoms with van der Waals surface area (Å²) in [6, 6.07) is 6.79. The van der Waals surface area contributed by atoms with Crippen molar-refractivity contribution in [1.29, 1.82) is 0 Å². The Morgan fingerprint density at radius 2 is 2.03 bits per heavy atom. The Hall–Kier alpha value is -3.86. The van der Waals surface area contributed by atoms with Crippen LogP contribution in [0.15, 0.2) is 34.7 Å². The SMILES string of the molecule is CCC(C)(C(=O)O)c1nc(-c2ccc(F)cc2F)c(-c2ccc3nc(N[C@@H](C)CCOC)oc3n2)[nH]1. The standard InChI is InChI=1S/C25H27F2N5O4/c1-5-25(3,23(33)34)22-31-19(15-7-6-14(26)12-16(15)27)20(32-22)17-8-9-18-21(29-17)36-24(30-18)28-13(2)10-11-35-4/h6-9,12-13H,5,10-11H2,1-4H3,(H,28,30)(H,31,32)(H,33,34)/t13-,25?/m0/s1. The van der Waals surface area contributed by atoms with Gasteiger partial charge in [0.25, 0.3) is 6.01 Å². The van der Waals surface area contributed by atoms with E-state index in [1.807, 2.05) is 6.92 Å². The average Bonchev–Trinajstić information content (AvgIpc) is 3.45. The number of H-pyrrole nitrogens is 1. The number of aliphatic carboxylic acids is 1. The molecule has 0 aliphatic heterocycles. The predicted molar refractivity (Wildman–Crippen MR) is 130 cm³/mol. The zero-order valence-corrected chi connectivity index (χ0v) is 20.4. The van der Waals surface area contributed by atoms with Crippen molar-refractivity contribution in [2.75, 3.05) is 19.0 Å². The zero-order chi connectivity index (χ0) is 26.0. The number of carbonyl (C=O) groups is 1. The number of hydrogen-bond donors (Lipinski definition) is 3. The second-order valence-electron chi connectivity index (χ2n) is 8.79. The summed E-state index contributed by atoms with van der Waals surface area (Å²) in [4.78, 5) is 28.5. The van der Waals surface area contributed by atoms with Gasteiger partial charge in [-0.05, 0) is 51.0 Å². The molecule has 0 bridgehead atoms. The molecule has 0 spiro atoms. The molecular weight excluding hydrogens is 472 g/mol. The van der Waals surface area contributed by atoms with Gasteiger partial charge in [-0.3, -0.25) is 4.79 Å². The lowest BCUT2D eigenvalue weighted by molar-refractivity contribution is -0.143. The molecule has 1 aromatic carbocycles. The Morgan fingerprint density at radius 3 is 2.69 bits per heavy atom. The molecule has 0 saturated carbocycles. The van der Waals surface area contributed by atoms with Gasteiger partial charge in [-0.25, -0.2) is 18.7 Å². The maximum atomic E-state index is 14.8. The number of ether oxygens (including phenoxy) is 1. The predicted octanol–water partition coefficient (Wildman–Crippen LogP) is 5.15. The maximum absolute atomic E-state index is 14.8. The first-order valence-electron chi connectivity index (χ1n) is 11.5. The minimum Gasteiger partial charge on any atom is -0.480 e. The highest BCUT2D eigenvalue weighted by Crippen LogP contribution is 2.36. The van der Waals surface area contributed by atoms with Crippen LogP contribution in [0.3, 0.4) is 0 Å². The van der Waals surface area contributed by atoms with E-state index in [9.17, 15) is 18.7 Å². The van der Waals surface area contributed by atoms with E-state index >= 15 is 0 Å². The summed E-state index contributed by atoms with van der Waals surface area (Å²) in [5, 5.41) is 13.0. The van der Waals surface area contributed by atoms with Gasteiger partial charge in [-0.2, -0.15) is 4.98 Å². The highest BCUT2D eigenvalue weighted by molar-refractivity contribution is 5.84. The molecule has 0 saturated heterocycles. The molecule has 9 nitrogen and oxygen atoms in total. The van der Waals surface area contributed by atoms with Gasteiger partial charge < -0.3 is 24.6 Å². The Morgan fingerprint density at radius 1 is 1.25 bits per heavy atom. The number of methoxy groups -OCH3 is 1. The van der Waals surface area contributed by atoms with Gasteiger partial charge in [-0.15, -0.1) is 0 Å². The molecule has 3 aromatic heterocycles. The highest BCUT2D eigenvalue weighted by atomic mass is 19.1. The van der Waals surface area contributed by atoms with Crippen molar-refractivity contribution >= 4 is 23.2 Å². The molecular formula is C25H27F2N5O4. The first-order valence-corrected chi connectivity index (χ1v) is 11.5. The molecule has 0 aliphatic carbocycles. The fourth-order valence-electron chi connectivity index (χ4n) is 3.71. The number of pyridine rings is 1. The second kappa shape index (κ2) is 10.0. The number of nitrogens with zero attached hydrogens (tertiary/aromatic N) is 3. The third-order valence-electron chi connectivity index (χ3n) is 6.23. The minimum absolute atomic E-state index is 0.00605. The average molecular weight is 500 g/mol. The molecule has 11 heteroatoms. The Labute approximate surface area is 205 Å². The van der Waals surface area contributed by atoms with Crippen molar-refractivity contribution in [2.45, 2.75) is 45.1 Å². The minimum atomic E-state index is -1.37. The molecule has 2 atom stereocenters. The van der Waals surface area contributed by atoms with Crippen LogP contribution < -0.4 is 5.32 Å². The van der Waals surface area contributed by atoms with E-state index in [0.717, 1.165) is 18.6 Å². The largest absolute Gasteiger partial charge is 0.480 e. The summed E-state index contributed by atoms with van der Waals surface area (Å²) in [6.07, 6.45) is 0.975. The van der Waals surface area contributed by atoms with Crippen molar-refractivity contribution < 1.29 is 27.8 Å². The van der Waals surface area contributed by atoms with Crippen LogP contribution in [0.2, 0.25) is 0 Å². The molecule has 4 aromatic rings. The number of fused-ring (bicyclic) bond motifs is 1. The maximum Gasteiger partial charge on any atom is 0.317 e. The van der Waals surface area contributed by atoms with Crippen LogP contribution >= 0.6 is 0 Å². The fourth-order valence-corrected chi connectivity index (χ4v) is 3.71. The van der Waals surface area contributed by atoms with Crippen LogP contribution in [0.4, 0.5) is 14.8 Å². The zero-order valence-electron chi connectivity index (χ0n) is 20.4. The van der Waals surface area contributed by atoms with Crippen molar-refractivity contribution in [2.24, 2.45) is 0 Å². The summed E-state index contributed by atoms with van der Waals surface area (Å²) in [6.45, 7) is 5.79. The number of hydrogen-bond acceptors (Lipinski definition) is 7. The lowest BCUT2D eigenvalue weighted by atomic mass is 9.87. The molecule has 0 radical (unpaired) electrons. The number of benzene rings is 1. The van der Waals surface area contributed by atoms with Crippen LogP contribution in [0, 0.1) is 11.6 Å². The summed E-state index contributed by atoms with van der Waals surface area (Å²) in [5.41, 5.74) is 0.0879. The molecule has 0 aliphatic rings. The molecule has 0 fully saturated rings. The van der Waals surface area contributed by atoms with Gasteiger partial charge in [0.2, 0.25) is 5.71 Å². The smallest absolute Gasteiger partial charge is 0.317 e. The molecule has 4 rings (SSSR count). The third-order valence-corrected chi connectivity index (χ3v) is 6.23. The molecule has 190 valence electrons. The van der Waals surface area contributed by atoms with E-state index in [1.165, 1.54) is 13.0 Å². The van der Waals surface area contributed by atoms with Gasteiger partial charge in [0, 0.05) is 31.4 Å². The van der Waals surface area contributed by atoms with Gasteiger partial charge in [0.1, 0.15) is 34.1 Å². The fraction of sp³-hybridized carbons (Fsp3) is 0.360. The topological polar surface area (TPSA) is 126 Å². The summed E-state index contributed by atoms with van der Waals surface area (Å²) in [5.74, 6) is -2.54. The summed E-state index contributed by atoms with van der Waals surface area (Å²) >= 11 is 0. The number of nitrogens with one attached hydrogen (secondary N) is 2. The monoisotopic (exact) mass is 499 g/mol. The number of aromatic amines is 1. The Kier molecular flexibility index (Phi) is 7.02. The number of halogens is 2. The van der Waals surface area contributed by atoms with E-state index in [-0.39, 0.29) is 47.0 Å². The lowest BCUT2D eigenvalue weighted by Crippen LogP contribution is -2.32. The number of imidazole rings is 1. The summed E-state index contributed by atoms with van der Waals surface area (Å²) < 4.78 is 39.2. The number of anilines is 1. The lowest BCUT2D eigenvalue weighted by Gasteiger charge is -2.19. The first-order chi connectivity index (χ1) is 17.2. The van der Waals surface area contributed by atoms with Crippen molar-refractivity contribution in [3.63, 3.8) is 0 Å². The first kappa shape index (κ1) is 25.2. The van der Waals surface area contributed by atoms with Gasteiger partial charge in [0.05, 0.1) is 11.4 Å². The van der Waals surface area contributed by atoms with E-state index < -0.39 is 23.0 Å². The van der Waals surface area contributed by atoms with Gasteiger partial charge in [0.15, 0.2) is 0 Å². The highest BCUT2D eigenvalue weighted by Gasteiger charge is 2.38. The van der Waals surface area contributed by atoms with Crippen molar-refractivity contribution in [3.8, 4) is 22.6 Å². The normalized spacial score (nSPS) is 14.1. The van der Waals surface area contributed by atoms with Crippen LogP contribution in [-0.2, 0) is 14.9 Å². The van der Waals surface area contributed by atoms with E-state index in [4.69, 9.17) is 9.15 Å². The van der Waals surface area contributed by atoms with Gasteiger partial charge in [-0.1, -0.05) is 6.92 Å². The van der Waals surface area contributed by atoms with Crippen LogP contribution in [0.1, 0.15) is 39.4 Å². The molecule has 3 heterocycles.